The highest BCUT2D eigenvalue weighted by Crippen LogP contribution is 2.22. The Morgan fingerprint density at radius 1 is 0.793 bits per heavy atom. The second kappa shape index (κ2) is 10.8. The summed E-state index contributed by atoms with van der Waals surface area (Å²) in [6.45, 7) is 15.4. The topological polar surface area (TPSA) is 111 Å². The number of aliphatic hydroxyl groups is 1. The van der Waals surface area contributed by atoms with E-state index in [1.54, 1.807) is 62.3 Å². The number of carbonyl (C=O) groups is 3. The Hall–Kier alpha value is -1.83. The van der Waals surface area contributed by atoms with E-state index in [2.05, 4.69) is 5.32 Å². The van der Waals surface area contributed by atoms with Crippen LogP contribution in [0.1, 0.15) is 81.6 Å². The van der Waals surface area contributed by atoms with Crippen LogP contribution in [-0.4, -0.2) is 52.6 Å². The van der Waals surface area contributed by atoms with Crippen molar-refractivity contribution in [3.63, 3.8) is 0 Å². The Morgan fingerprint density at radius 3 is 1.66 bits per heavy atom. The predicted molar refractivity (Wildman–Crippen MR) is 109 cm³/mol. The zero-order valence-electron chi connectivity index (χ0n) is 19.4. The molecule has 0 aromatic heterocycles. The van der Waals surface area contributed by atoms with Crippen molar-refractivity contribution >= 4 is 18.0 Å². The van der Waals surface area contributed by atoms with Crippen molar-refractivity contribution in [3.05, 3.63) is 0 Å². The number of carbonyl (C=O) groups excluding carboxylic acids is 3. The maximum Gasteiger partial charge on any atom is 0.408 e. The number of hydrogen-bond donors (Lipinski definition) is 2. The first-order valence-corrected chi connectivity index (χ1v) is 9.99. The van der Waals surface area contributed by atoms with Gasteiger partial charge in [0, 0.05) is 6.61 Å². The van der Waals surface area contributed by atoms with E-state index in [0.29, 0.717) is 12.8 Å². The third-order valence-corrected chi connectivity index (χ3v) is 3.35. The van der Waals surface area contributed by atoms with Gasteiger partial charge in [0.2, 0.25) is 0 Å². The van der Waals surface area contributed by atoms with Crippen LogP contribution >= 0.6 is 0 Å². The van der Waals surface area contributed by atoms with Crippen LogP contribution in [0.3, 0.4) is 0 Å². The van der Waals surface area contributed by atoms with Gasteiger partial charge >= 0.3 is 18.0 Å². The van der Waals surface area contributed by atoms with Crippen LogP contribution in [0.15, 0.2) is 0 Å². The fourth-order valence-corrected chi connectivity index (χ4v) is 2.38. The molecule has 0 rings (SSSR count). The molecule has 1 amide bonds. The van der Waals surface area contributed by atoms with Gasteiger partial charge in [0.05, 0.1) is 5.92 Å². The standard InChI is InChI=1S/C21H39NO7/c1-19(2,3)27-16(24)14(11-10-12-23)13-15(17(25)28-20(4,5)6)22-18(26)29-21(7,8)9/h14-15,23H,10-13H2,1-9H3,(H,22,26)/t14-,15-/m0/s1. The van der Waals surface area contributed by atoms with Gasteiger partial charge in [0.25, 0.3) is 0 Å². The zero-order valence-corrected chi connectivity index (χ0v) is 19.4. The van der Waals surface area contributed by atoms with Crippen molar-refractivity contribution in [1.82, 2.24) is 5.32 Å². The summed E-state index contributed by atoms with van der Waals surface area (Å²) in [6, 6.07) is -1.10. The number of esters is 2. The monoisotopic (exact) mass is 417 g/mol. The van der Waals surface area contributed by atoms with Crippen LogP contribution < -0.4 is 5.32 Å². The molecule has 0 saturated carbocycles. The van der Waals surface area contributed by atoms with Crippen LogP contribution in [-0.2, 0) is 23.8 Å². The number of alkyl carbamates (subject to hydrolysis) is 1. The number of nitrogens with one attached hydrogen (secondary N) is 1. The molecule has 2 N–H and O–H groups in total. The molecule has 8 heteroatoms. The molecule has 0 fully saturated rings. The SMILES string of the molecule is CC(C)(C)OC(=O)N[C@@H](C[C@H](CCCO)C(=O)OC(C)(C)C)C(=O)OC(C)(C)C. The molecule has 0 aliphatic heterocycles. The minimum atomic E-state index is -1.10. The third kappa shape index (κ3) is 13.9. The molecule has 170 valence electrons. The Labute approximate surface area is 174 Å². The summed E-state index contributed by atoms with van der Waals surface area (Å²) in [4.78, 5) is 37.5. The lowest BCUT2D eigenvalue weighted by atomic mass is 9.94. The minimum Gasteiger partial charge on any atom is -0.460 e. The van der Waals surface area contributed by atoms with E-state index >= 15 is 0 Å². The first-order chi connectivity index (χ1) is 12.9. The summed E-state index contributed by atoms with van der Waals surface area (Å²) in [7, 11) is 0. The first kappa shape index (κ1) is 27.2. The lowest BCUT2D eigenvalue weighted by Crippen LogP contribution is -2.47. The van der Waals surface area contributed by atoms with Gasteiger partial charge in [-0.05, 0) is 81.6 Å². The van der Waals surface area contributed by atoms with Gasteiger partial charge in [-0.3, -0.25) is 4.79 Å². The molecule has 0 aromatic rings. The van der Waals surface area contributed by atoms with Gasteiger partial charge in [-0.2, -0.15) is 0 Å². The summed E-state index contributed by atoms with van der Waals surface area (Å²) in [5.41, 5.74) is -2.21. The summed E-state index contributed by atoms with van der Waals surface area (Å²) in [5.74, 6) is -1.86. The quantitative estimate of drug-likeness (QED) is 0.460. The van der Waals surface area contributed by atoms with Crippen molar-refractivity contribution in [2.45, 2.75) is 104 Å². The van der Waals surface area contributed by atoms with E-state index in [0.717, 1.165) is 0 Å². The molecule has 0 spiro atoms. The number of ether oxygens (including phenoxy) is 3. The van der Waals surface area contributed by atoms with Gasteiger partial charge in [-0.15, -0.1) is 0 Å². The van der Waals surface area contributed by atoms with E-state index in [1.165, 1.54) is 0 Å². The Morgan fingerprint density at radius 2 is 1.24 bits per heavy atom. The van der Waals surface area contributed by atoms with E-state index in [9.17, 15) is 14.4 Å². The Kier molecular flexibility index (Phi) is 10.1. The van der Waals surface area contributed by atoms with Crippen molar-refractivity contribution in [1.29, 1.82) is 0 Å². The van der Waals surface area contributed by atoms with E-state index in [1.807, 2.05) is 0 Å². The molecule has 0 aliphatic rings. The highest BCUT2D eigenvalue weighted by atomic mass is 16.6. The third-order valence-electron chi connectivity index (χ3n) is 3.35. The number of amides is 1. The molecule has 0 radical (unpaired) electrons. The second-order valence-corrected chi connectivity index (χ2v) is 10.1. The molecular weight excluding hydrogens is 378 g/mol. The average Bonchev–Trinajstić information content (AvgIpc) is 2.44. The van der Waals surface area contributed by atoms with Crippen LogP contribution in [0, 0.1) is 5.92 Å². The first-order valence-electron chi connectivity index (χ1n) is 9.99. The van der Waals surface area contributed by atoms with Crippen LogP contribution in [0.5, 0.6) is 0 Å². The molecule has 8 nitrogen and oxygen atoms in total. The van der Waals surface area contributed by atoms with Gasteiger partial charge in [0.1, 0.15) is 22.8 Å². The second-order valence-electron chi connectivity index (χ2n) is 10.1. The summed E-state index contributed by atoms with van der Waals surface area (Å²) in [6.07, 6.45) is -0.139. The molecular formula is C21H39NO7. The maximum atomic E-state index is 12.7. The molecule has 0 aromatic carbocycles. The van der Waals surface area contributed by atoms with E-state index in [-0.39, 0.29) is 13.0 Å². The van der Waals surface area contributed by atoms with Gasteiger partial charge in [-0.25, -0.2) is 9.59 Å². The van der Waals surface area contributed by atoms with Gasteiger partial charge in [0.15, 0.2) is 0 Å². The fourth-order valence-electron chi connectivity index (χ4n) is 2.38. The molecule has 0 saturated heterocycles. The highest BCUT2D eigenvalue weighted by molar-refractivity contribution is 5.83. The molecule has 0 aliphatic carbocycles. The summed E-state index contributed by atoms with van der Waals surface area (Å²) in [5, 5.41) is 11.7. The average molecular weight is 418 g/mol. The molecule has 29 heavy (non-hydrogen) atoms. The van der Waals surface area contributed by atoms with Crippen molar-refractivity contribution in [3.8, 4) is 0 Å². The van der Waals surface area contributed by atoms with E-state index < -0.39 is 46.8 Å². The summed E-state index contributed by atoms with van der Waals surface area (Å²) >= 11 is 0. The Balaban J connectivity index is 5.53. The zero-order chi connectivity index (χ0) is 23.0. The Bertz CT molecular complexity index is 553. The van der Waals surface area contributed by atoms with E-state index in [4.69, 9.17) is 19.3 Å². The van der Waals surface area contributed by atoms with Crippen LogP contribution in [0.25, 0.3) is 0 Å². The predicted octanol–water partition coefficient (Wildman–Crippen LogP) is 3.34. The minimum absolute atomic E-state index is 0.0247. The number of aliphatic hydroxyl groups excluding tert-OH is 1. The summed E-state index contributed by atoms with van der Waals surface area (Å²) < 4.78 is 16.1. The fraction of sp³-hybridized carbons (Fsp3) is 0.857. The van der Waals surface area contributed by atoms with Crippen LogP contribution in [0.2, 0.25) is 0 Å². The highest BCUT2D eigenvalue weighted by Gasteiger charge is 2.34. The number of rotatable bonds is 8. The van der Waals surface area contributed by atoms with Crippen molar-refractivity contribution < 1.29 is 33.7 Å². The number of hydrogen-bond acceptors (Lipinski definition) is 7. The normalized spacial score (nSPS) is 14.6. The molecule has 0 bridgehead atoms. The molecule has 2 atom stereocenters. The lowest BCUT2D eigenvalue weighted by molar-refractivity contribution is -0.163. The molecule has 0 unspecified atom stereocenters. The van der Waals surface area contributed by atoms with Gasteiger partial charge in [-0.1, -0.05) is 0 Å². The smallest absolute Gasteiger partial charge is 0.408 e. The van der Waals surface area contributed by atoms with Crippen molar-refractivity contribution in [2.24, 2.45) is 5.92 Å². The maximum absolute atomic E-state index is 12.7. The lowest BCUT2D eigenvalue weighted by Gasteiger charge is -2.29. The van der Waals surface area contributed by atoms with Gasteiger partial charge < -0.3 is 24.6 Å². The van der Waals surface area contributed by atoms with Crippen molar-refractivity contribution in [2.75, 3.05) is 6.61 Å². The largest absolute Gasteiger partial charge is 0.460 e. The van der Waals surface area contributed by atoms with Crippen LogP contribution in [0.4, 0.5) is 4.79 Å². The molecule has 0 heterocycles.